The number of hydrogen-bond donors (Lipinski definition) is 4. The van der Waals surface area contributed by atoms with Gasteiger partial charge < -0.3 is 21.3 Å². The molecule has 2 unspecified atom stereocenters. The van der Waals surface area contributed by atoms with Crippen molar-refractivity contribution in [2.75, 3.05) is 24.2 Å². The topological polar surface area (TPSA) is 108 Å². The largest absolute Gasteiger partial charge is 0.351 e. The van der Waals surface area contributed by atoms with Crippen molar-refractivity contribution in [1.82, 2.24) is 20.6 Å². The molecule has 1 saturated carbocycles. The summed E-state index contributed by atoms with van der Waals surface area (Å²) in [5, 5.41) is 12.6. The fourth-order valence-electron chi connectivity index (χ4n) is 3.88. The van der Waals surface area contributed by atoms with Crippen LogP contribution in [0, 0.1) is 0 Å². The van der Waals surface area contributed by atoms with Crippen LogP contribution in [0.3, 0.4) is 0 Å². The first-order valence-electron chi connectivity index (χ1n) is 11.7. The van der Waals surface area contributed by atoms with Gasteiger partial charge in [0.1, 0.15) is 0 Å². The fraction of sp³-hybridized carbons (Fsp3) is 0.259. The van der Waals surface area contributed by atoms with Crippen LogP contribution < -0.4 is 21.3 Å². The average Bonchev–Trinajstić information content (AvgIpc) is 3.31. The number of rotatable bonds is 11. The van der Waals surface area contributed by atoms with Crippen LogP contribution in [0.25, 0.3) is 5.57 Å². The molecule has 3 rings (SSSR count). The first kappa shape index (κ1) is 26.8. The molecule has 1 fully saturated rings. The Labute approximate surface area is 216 Å². The molecular formula is C27H31ClN6O2. The van der Waals surface area contributed by atoms with E-state index in [0.29, 0.717) is 34.5 Å². The number of aromatic nitrogens is 2. The highest BCUT2D eigenvalue weighted by Gasteiger charge is 2.27. The van der Waals surface area contributed by atoms with Gasteiger partial charge in [-0.3, -0.25) is 9.59 Å². The number of benzene rings is 1. The number of anilines is 2. The van der Waals surface area contributed by atoms with Crippen LogP contribution in [0.5, 0.6) is 0 Å². The second kappa shape index (κ2) is 13.4. The van der Waals surface area contributed by atoms with Crippen molar-refractivity contribution in [3.63, 3.8) is 0 Å². The van der Waals surface area contributed by atoms with E-state index in [4.69, 9.17) is 11.6 Å². The van der Waals surface area contributed by atoms with Crippen LogP contribution in [0.4, 0.5) is 11.6 Å². The number of allylic oxidation sites excluding steroid dienone is 4. The normalized spacial score (nSPS) is 17.6. The molecule has 36 heavy (non-hydrogen) atoms. The molecule has 4 N–H and O–H groups in total. The summed E-state index contributed by atoms with van der Waals surface area (Å²) < 4.78 is 0. The summed E-state index contributed by atoms with van der Waals surface area (Å²) >= 11 is 6.27. The van der Waals surface area contributed by atoms with Crippen molar-refractivity contribution < 1.29 is 9.59 Å². The van der Waals surface area contributed by atoms with Crippen molar-refractivity contribution in [2.24, 2.45) is 0 Å². The Hall–Kier alpha value is -3.75. The van der Waals surface area contributed by atoms with Crippen LogP contribution in [-0.2, 0) is 4.79 Å². The van der Waals surface area contributed by atoms with Gasteiger partial charge in [-0.25, -0.2) is 9.97 Å². The van der Waals surface area contributed by atoms with Gasteiger partial charge in [0.25, 0.3) is 5.91 Å². The Morgan fingerprint density at radius 1 is 1.17 bits per heavy atom. The lowest BCUT2D eigenvalue weighted by molar-refractivity contribution is -0.111. The van der Waals surface area contributed by atoms with Crippen LogP contribution >= 0.6 is 11.6 Å². The highest BCUT2D eigenvalue weighted by molar-refractivity contribution is 6.32. The second-order valence-electron chi connectivity index (χ2n) is 8.30. The first-order chi connectivity index (χ1) is 17.4. The molecule has 1 aliphatic rings. The molecule has 1 heterocycles. The molecule has 0 saturated heterocycles. The molecular weight excluding hydrogens is 476 g/mol. The summed E-state index contributed by atoms with van der Waals surface area (Å²) in [7, 11) is 1.81. The molecule has 0 bridgehead atoms. The summed E-state index contributed by atoms with van der Waals surface area (Å²) in [5.74, 6) is 0.102. The van der Waals surface area contributed by atoms with Crippen molar-refractivity contribution >= 4 is 40.6 Å². The molecule has 8 nitrogen and oxygen atoms in total. The number of carbonyl (C=O) groups excluding carboxylic acids is 2. The lowest BCUT2D eigenvalue weighted by atomic mass is 10.1. The maximum atomic E-state index is 12.7. The molecule has 1 aromatic carbocycles. The molecule has 0 spiro atoms. The SMILES string of the molecule is C=C/C=C(\C=C)c1nc(NC2CCC(NC(=O)c3ccc(NC(=O)/C=C/CNC)cc3)C2)ncc1Cl. The van der Waals surface area contributed by atoms with Crippen LogP contribution in [0.2, 0.25) is 5.02 Å². The lowest BCUT2D eigenvalue weighted by Gasteiger charge is -2.16. The molecule has 2 atom stereocenters. The van der Waals surface area contributed by atoms with Gasteiger partial charge in [-0.05, 0) is 50.6 Å². The number of nitrogens with zero attached hydrogens (tertiary/aromatic N) is 2. The third-order valence-corrected chi connectivity index (χ3v) is 5.92. The van der Waals surface area contributed by atoms with Crippen LogP contribution in [0.15, 0.2) is 74.0 Å². The zero-order valence-electron chi connectivity index (χ0n) is 20.3. The second-order valence-corrected chi connectivity index (χ2v) is 8.71. The zero-order valence-corrected chi connectivity index (χ0v) is 21.0. The standard InChI is InChI=1S/C27H31ClN6O2/c1-4-7-18(5-2)25-23(28)17-30-27(34-25)33-22-14-13-21(16-22)32-26(36)19-9-11-20(12-10-19)31-24(35)8-6-15-29-3/h4-12,17,21-22,29H,1-2,13-16H2,3H3,(H,31,35)(H,32,36)(H,30,33,34)/b8-6+,18-7+. The van der Waals surface area contributed by atoms with Gasteiger partial charge in [-0.2, -0.15) is 0 Å². The van der Waals surface area contributed by atoms with E-state index in [1.165, 1.54) is 6.08 Å². The summed E-state index contributed by atoms with van der Waals surface area (Å²) in [6.07, 6.45) is 12.3. The minimum Gasteiger partial charge on any atom is -0.351 e. The number of hydrogen-bond acceptors (Lipinski definition) is 6. The maximum absolute atomic E-state index is 12.7. The van der Waals surface area contributed by atoms with Crippen LogP contribution in [-0.4, -0.2) is 47.5 Å². The summed E-state index contributed by atoms with van der Waals surface area (Å²) in [6.45, 7) is 8.13. The molecule has 2 amide bonds. The van der Waals surface area contributed by atoms with Gasteiger partial charge in [0.2, 0.25) is 11.9 Å². The van der Waals surface area contributed by atoms with E-state index < -0.39 is 0 Å². The highest BCUT2D eigenvalue weighted by Crippen LogP contribution is 2.26. The summed E-state index contributed by atoms with van der Waals surface area (Å²) in [6, 6.07) is 6.97. The van der Waals surface area contributed by atoms with Gasteiger partial charge in [0.15, 0.2) is 0 Å². The van der Waals surface area contributed by atoms with E-state index in [0.717, 1.165) is 24.8 Å². The van der Waals surface area contributed by atoms with E-state index in [1.54, 1.807) is 61.8 Å². The minimum absolute atomic E-state index is 0.0304. The molecule has 188 valence electrons. The minimum atomic E-state index is -0.221. The predicted octanol–water partition coefficient (Wildman–Crippen LogP) is 4.36. The van der Waals surface area contributed by atoms with Crippen molar-refractivity contribution in [3.8, 4) is 0 Å². The fourth-order valence-corrected chi connectivity index (χ4v) is 4.08. The molecule has 1 aliphatic carbocycles. The Morgan fingerprint density at radius 3 is 2.61 bits per heavy atom. The molecule has 9 heteroatoms. The Balaban J connectivity index is 1.53. The van der Waals surface area contributed by atoms with Crippen molar-refractivity contribution in [2.45, 2.75) is 31.3 Å². The molecule has 0 radical (unpaired) electrons. The number of amides is 2. The molecule has 1 aromatic heterocycles. The van der Waals surface area contributed by atoms with E-state index in [1.807, 2.05) is 0 Å². The van der Waals surface area contributed by atoms with E-state index in [-0.39, 0.29) is 23.9 Å². The van der Waals surface area contributed by atoms with Gasteiger partial charge in [-0.1, -0.05) is 49.1 Å². The Kier molecular flexibility index (Phi) is 9.97. The van der Waals surface area contributed by atoms with Gasteiger partial charge in [0, 0.05) is 41.5 Å². The Morgan fingerprint density at radius 2 is 1.92 bits per heavy atom. The van der Waals surface area contributed by atoms with Crippen LogP contribution in [0.1, 0.15) is 35.3 Å². The Bertz CT molecular complexity index is 1160. The number of halogens is 1. The zero-order chi connectivity index (χ0) is 25.9. The third-order valence-electron chi connectivity index (χ3n) is 5.64. The van der Waals surface area contributed by atoms with E-state index >= 15 is 0 Å². The number of carbonyl (C=O) groups is 2. The predicted molar refractivity (Wildman–Crippen MR) is 146 cm³/mol. The average molecular weight is 507 g/mol. The van der Waals surface area contributed by atoms with E-state index in [9.17, 15) is 9.59 Å². The molecule has 0 aliphatic heterocycles. The summed E-state index contributed by atoms with van der Waals surface area (Å²) in [4.78, 5) is 33.4. The third kappa shape index (κ3) is 7.63. The number of likely N-dealkylation sites (N-methyl/N-ethyl adjacent to an activating group) is 1. The van der Waals surface area contributed by atoms with Gasteiger partial charge in [-0.15, -0.1) is 0 Å². The maximum Gasteiger partial charge on any atom is 0.251 e. The first-order valence-corrected chi connectivity index (χ1v) is 12.1. The van der Waals surface area contributed by atoms with Crippen molar-refractivity contribution in [3.05, 3.63) is 90.3 Å². The molecule has 2 aromatic rings. The van der Waals surface area contributed by atoms with Gasteiger partial charge >= 0.3 is 0 Å². The highest BCUT2D eigenvalue weighted by atomic mass is 35.5. The quantitative estimate of drug-likeness (QED) is 0.266. The van der Waals surface area contributed by atoms with E-state index in [2.05, 4.69) is 44.4 Å². The van der Waals surface area contributed by atoms with Crippen molar-refractivity contribution in [1.29, 1.82) is 0 Å². The smallest absolute Gasteiger partial charge is 0.251 e. The monoisotopic (exact) mass is 506 g/mol. The van der Waals surface area contributed by atoms with Gasteiger partial charge in [0.05, 0.1) is 16.9 Å². The summed E-state index contributed by atoms with van der Waals surface area (Å²) in [5.41, 5.74) is 2.50. The number of nitrogens with one attached hydrogen (secondary N) is 4. The lowest BCUT2D eigenvalue weighted by Crippen LogP contribution is -2.34.